The van der Waals surface area contributed by atoms with E-state index in [9.17, 15) is 15.1 Å². The molecule has 0 heterocycles. The molecule has 0 aromatic heterocycles. The number of carbonyl (C=O) groups excluding carboxylic acids is 1. The van der Waals surface area contributed by atoms with Gasteiger partial charge in [0.05, 0.1) is 5.71 Å². The van der Waals surface area contributed by atoms with Crippen molar-refractivity contribution in [2.45, 2.75) is 98.5 Å². The van der Waals surface area contributed by atoms with Gasteiger partial charge in [-0.1, -0.05) is 59.0 Å². The van der Waals surface area contributed by atoms with Crippen molar-refractivity contribution in [3.63, 3.8) is 0 Å². The van der Waals surface area contributed by atoms with E-state index in [1.54, 1.807) is 6.08 Å². The Morgan fingerprint density at radius 2 is 1.87 bits per heavy atom. The molecule has 3 saturated carbocycles. The first kappa shape index (κ1) is 23.0. The lowest BCUT2D eigenvalue weighted by Gasteiger charge is -2.58. The number of nitrogens with zero attached hydrogens (tertiary/aromatic N) is 1. The first-order valence-corrected chi connectivity index (χ1v) is 12.8. The van der Waals surface area contributed by atoms with Gasteiger partial charge in [-0.15, -0.1) is 0 Å². The summed E-state index contributed by atoms with van der Waals surface area (Å²) in [5, 5.41) is 23.9. The van der Waals surface area contributed by atoms with Crippen LogP contribution in [0.5, 0.6) is 0 Å². The maximum atomic E-state index is 12.2. The largest absolute Gasteiger partial charge is 0.411 e. The highest BCUT2D eigenvalue weighted by atomic mass is 16.4. The second-order valence-electron chi connectivity index (χ2n) is 12.3. The summed E-state index contributed by atoms with van der Waals surface area (Å²) in [5.74, 6) is 3.69. The Labute approximate surface area is 188 Å². The zero-order chi connectivity index (χ0) is 22.6. The number of hydrogen-bond donors (Lipinski definition) is 2. The molecule has 4 aliphatic rings. The monoisotopic (exact) mass is 429 g/mol. The molecule has 8 atom stereocenters. The van der Waals surface area contributed by atoms with Crippen LogP contribution in [-0.4, -0.2) is 27.9 Å². The molecule has 4 nitrogen and oxygen atoms in total. The molecule has 4 unspecified atom stereocenters. The summed E-state index contributed by atoms with van der Waals surface area (Å²) in [6.07, 6.45) is 10.9. The Balaban J connectivity index is 1.58. The predicted octanol–water partition coefficient (Wildman–Crippen LogP) is 6.01. The van der Waals surface area contributed by atoms with Gasteiger partial charge in [0.15, 0.2) is 5.78 Å². The van der Waals surface area contributed by atoms with Crippen molar-refractivity contribution >= 4 is 11.5 Å². The lowest BCUT2D eigenvalue weighted by Crippen LogP contribution is -2.54. The number of ketones is 1. The topological polar surface area (TPSA) is 69.9 Å². The van der Waals surface area contributed by atoms with E-state index in [4.69, 9.17) is 0 Å². The number of aliphatic hydroxyl groups is 1. The van der Waals surface area contributed by atoms with Gasteiger partial charge in [-0.3, -0.25) is 4.79 Å². The average Bonchev–Trinajstić information content (AvgIpc) is 3.06. The predicted molar refractivity (Wildman–Crippen MR) is 124 cm³/mol. The highest BCUT2D eigenvalue weighted by molar-refractivity contribution is 6.09. The zero-order valence-corrected chi connectivity index (χ0v) is 20.2. The van der Waals surface area contributed by atoms with Crippen LogP contribution in [0.15, 0.2) is 16.8 Å². The second-order valence-corrected chi connectivity index (χ2v) is 12.3. The lowest BCUT2D eigenvalue weighted by atomic mass is 9.46. The van der Waals surface area contributed by atoms with E-state index in [-0.39, 0.29) is 11.2 Å². The minimum Gasteiger partial charge on any atom is -0.411 e. The third kappa shape index (κ3) is 3.71. The van der Waals surface area contributed by atoms with Crippen molar-refractivity contribution in [1.29, 1.82) is 0 Å². The number of aliphatic hydroxyl groups excluding tert-OH is 1. The molecule has 31 heavy (non-hydrogen) atoms. The second kappa shape index (κ2) is 8.32. The van der Waals surface area contributed by atoms with Crippen LogP contribution in [0.1, 0.15) is 92.4 Å². The normalized spacial score (nSPS) is 44.6. The Hall–Kier alpha value is -1.16. The summed E-state index contributed by atoms with van der Waals surface area (Å²) in [6.45, 7) is 11.9. The molecule has 0 aromatic carbocycles. The van der Waals surface area contributed by atoms with Gasteiger partial charge < -0.3 is 10.3 Å². The molecule has 0 aromatic rings. The highest BCUT2D eigenvalue weighted by Gasteiger charge is 2.61. The van der Waals surface area contributed by atoms with Gasteiger partial charge in [0, 0.05) is 5.41 Å². The van der Waals surface area contributed by atoms with E-state index < -0.39 is 6.10 Å². The van der Waals surface area contributed by atoms with Crippen molar-refractivity contribution in [3.8, 4) is 0 Å². The molecule has 0 amide bonds. The van der Waals surface area contributed by atoms with Crippen molar-refractivity contribution in [3.05, 3.63) is 11.6 Å². The number of allylic oxidation sites excluding steroid dienone is 1. The summed E-state index contributed by atoms with van der Waals surface area (Å²) in [5.41, 5.74) is 1.69. The number of carbonyl (C=O) groups is 1. The third-order valence-electron chi connectivity index (χ3n) is 10.2. The fourth-order valence-corrected chi connectivity index (χ4v) is 8.60. The van der Waals surface area contributed by atoms with Crippen LogP contribution in [0.2, 0.25) is 0 Å². The number of hydrogen-bond acceptors (Lipinski definition) is 4. The first-order chi connectivity index (χ1) is 14.6. The quantitative estimate of drug-likeness (QED) is 0.415. The Kier molecular flexibility index (Phi) is 6.17. The standard InChI is InChI=1S/C27H43NO3/c1-16(2)7-6-8-17(3)19-9-10-20-18-13-23(28-31)22-14-24(29)25(30)15-27(22,5)21(18)11-12-26(19,20)4/h14,16-21,25,30-31H,6-13,15H2,1-5H3/b28-23+/t17?,18?,19-,20?,21?,25+,26-,27-/m1/s1. The number of fused-ring (bicyclic) bond motifs is 5. The van der Waals surface area contributed by atoms with E-state index in [0.29, 0.717) is 35.3 Å². The fraction of sp³-hybridized carbons (Fsp3) is 0.852. The average molecular weight is 430 g/mol. The summed E-state index contributed by atoms with van der Waals surface area (Å²) >= 11 is 0. The SMILES string of the molecule is CC(C)CCCC(C)[C@H]1CCC2C3C/C(=N\O)C4=CC(=O)[C@@H](O)C[C@]4(C)C3CC[C@@]21C. The van der Waals surface area contributed by atoms with Crippen molar-refractivity contribution < 1.29 is 15.1 Å². The van der Waals surface area contributed by atoms with Gasteiger partial charge in [0.25, 0.3) is 0 Å². The maximum Gasteiger partial charge on any atom is 0.184 e. The molecule has 4 aliphatic carbocycles. The molecule has 0 saturated heterocycles. The van der Waals surface area contributed by atoms with Crippen LogP contribution in [-0.2, 0) is 4.79 Å². The van der Waals surface area contributed by atoms with Crippen LogP contribution < -0.4 is 0 Å². The molecule has 2 N–H and O–H groups in total. The molecule has 4 rings (SSSR count). The molecule has 0 aliphatic heterocycles. The van der Waals surface area contributed by atoms with Crippen molar-refractivity contribution in [2.24, 2.45) is 51.5 Å². The van der Waals surface area contributed by atoms with Gasteiger partial charge in [0.1, 0.15) is 6.10 Å². The van der Waals surface area contributed by atoms with E-state index in [1.807, 2.05) is 0 Å². The lowest BCUT2D eigenvalue weighted by molar-refractivity contribution is -0.127. The van der Waals surface area contributed by atoms with E-state index >= 15 is 0 Å². The van der Waals surface area contributed by atoms with Gasteiger partial charge >= 0.3 is 0 Å². The molecule has 174 valence electrons. The van der Waals surface area contributed by atoms with E-state index in [2.05, 4.69) is 39.8 Å². The van der Waals surface area contributed by atoms with Crippen LogP contribution in [0.4, 0.5) is 0 Å². The highest BCUT2D eigenvalue weighted by Crippen LogP contribution is 2.67. The van der Waals surface area contributed by atoms with Crippen LogP contribution >= 0.6 is 0 Å². The van der Waals surface area contributed by atoms with Crippen LogP contribution in [0, 0.1) is 46.3 Å². The van der Waals surface area contributed by atoms with Crippen molar-refractivity contribution in [1.82, 2.24) is 0 Å². The Morgan fingerprint density at radius 1 is 1.13 bits per heavy atom. The number of rotatable bonds is 5. The zero-order valence-electron chi connectivity index (χ0n) is 20.2. The Morgan fingerprint density at radius 3 is 2.55 bits per heavy atom. The molecular formula is C27H43NO3. The Bertz CT molecular complexity index is 770. The molecule has 0 bridgehead atoms. The summed E-state index contributed by atoms with van der Waals surface area (Å²) < 4.78 is 0. The molecule has 4 heteroatoms. The summed E-state index contributed by atoms with van der Waals surface area (Å²) in [4.78, 5) is 12.2. The van der Waals surface area contributed by atoms with Gasteiger partial charge in [-0.2, -0.15) is 0 Å². The maximum absolute atomic E-state index is 12.2. The molecule has 0 spiro atoms. The molecule has 0 radical (unpaired) electrons. The number of oxime groups is 1. The van der Waals surface area contributed by atoms with Gasteiger partial charge in [-0.05, 0) is 91.1 Å². The fourth-order valence-electron chi connectivity index (χ4n) is 8.60. The van der Waals surface area contributed by atoms with Crippen LogP contribution in [0.25, 0.3) is 0 Å². The summed E-state index contributed by atoms with van der Waals surface area (Å²) in [6, 6.07) is 0. The molecular weight excluding hydrogens is 386 g/mol. The van der Waals surface area contributed by atoms with Crippen molar-refractivity contribution in [2.75, 3.05) is 0 Å². The minimum absolute atomic E-state index is 0.233. The molecule has 3 fully saturated rings. The van der Waals surface area contributed by atoms with Gasteiger partial charge in [0.2, 0.25) is 0 Å². The minimum atomic E-state index is -0.918. The van der Waals surface area contributed by atoms with E-state index in [0.717, 1.165) is 36.2 Å². The first-order valence-electron chi connectivity index (χ1n) is 12.8. The van der Waals surface area contributed by atoms with E-state index in [1.165, 1.54) is 38.5 Å². The van der Waals surface area contributed by atoms with Gasteiger partial charge in [-0.25, -0.2) is 0 Å². The van der Waals surface area contributed by atoms with Crippen LogP contribution in [0.3, 0.4) is 0 Å². The summed E-state index contributed by atoms with van der Waals surface area (Å²) in [7, 11) is 0. The third-order valence-corrected chi connectivity index (χ3v) is 10.2. The smallest absolute Gasteiger partial charge is 0.184 e.